The van der Waals surface area contributed by atoms with Crippen molar-refractivity contribution in [3.05, 3.63) is 53.9 Å². The number of nitrogens with zero attached hydrogens (tertiary/aromatic N) is 5. The van der Waals surface area contributed by atoms with Crippen LogP contribution in [0, 0.1) is 18.7 Å². The Morgan fingerprint density at radius 2 is 2.12 bits per heavy atom. The van der Waals surface area contributed by atoms with E-state index in [-0.39, 0.29) is 11.6 Å². The minimum absolute atomic E-state index is 0.236. The number of benzene rings is 1. The van der Waals surface area contributed by atoms with Crippen LogP contribution < -0.4 is 15.5 Å². The Hall–Kier alpha value is -3.46. The van der Waals surface area contributed by atoms with Gasteiger partial charge in [-0.05, 0) is 31.9 Å². The molecular weight excluding hydrogens is 433 g/mol. The van der Waals surface area contributed by atoms with Crippen LogP contribution in [0.5, 0.6) is 0 Å². The van der Waals surface area contributed by atoms with E-state index in [0.717, 1.165) is 30.7 Å². The summed E-state index contributed by atoms with van der Waals surface area (Å²) in [5.74, 6) is -0.285. The summed E-state index contributed by atoms with van der Waals surface area (Å²) in [5, 5.41) is 12.1. The van der Waals surface area contributed by atoms with E-state index in [9.17, 15) is 9.18 Å². The predicted octanol–water partition coefficient (Wildman–Crippen LogP) is 3.84. The Kier molecular flexibility index (Phi) is 5.73. The summed E-state index contributed by atoms with van der Waals surface area (Å²) in [4.78, 5) is 19.8. The Balaban J connectivity index is 1.50. The smallest absolute Gasteiger partial charge is 0.257 e. The van der Waals surface area contributed by atoms with E-state index in [0.29, 0.717) is 41.0 Å². The molecule has 8 nitrogen and oxygen atoms in total. The monoisotopic (exact) mass is 463 g/mol. The Morgan fingerprint density at radius 3 is 2.88 bits per heavy atom. The molecule has 1 aliphatic heterocycles. The number of fused-ring (bicyclic) bond motifs is 2. The average molecular weight is 464 g/mol. The fraction of sp³-hybridized carbons (Fsp3) is 0.400. The van der Waals surface area contributed by atoms with Crippen LogP contribution in [-0.4, -0.2) is 50.7 Å². The van der Waals surface area contributed by atoms with Crippen molar-refractivity contribution in [2.75, 3.05) is 29.9 Å². The Morgan fingerprint density at radius 1 is 1.29 bits per heavy atom. The average Bonchev–Trinajstić information content (AvgIpc) is 3.41. The molecule has 3 aromatic heterocycles. The van der Waals surface area contributed by atoms with Gasteiger partial charge in [0.2, 0.25) is 0 Å². The molecule has 1 saturated heterocycles. The summed E-state index contributed by atoms with van der Waals surface area (Å²) in [6.07, 6.45) is 5.40. The number of piperazine rings is 1. The van der Waals surface area contributed by atoms with Crippen molar-refractivity contribution in [1.82, 2.24) is 24.5 Å². The number of pyridine rings is 1. The van der Waals surface area contributed by atoms with Crippen molar-refractivity contribution >= 4 is 33.8 Å². The molecule has 178 valence electrons. The molecule has 4 aromatic rings. The van der Waals surface area contributed by atoms with E-state index >= 15 is 0 Å². The second kappa shape index (κ2) is 8.72. The maximum atomic E-state index is 14.5. The van der Waals surface area contributed by atoms with Crippen LogP contribution in [0.2, 0.25) is 0 Å². The SMILES string of the molecule is CCn1cc2c(N3CCN[C@@H](C(C)C)C3)ccc(C(=O)Nc3cc(F)c4nc(C)cn4c3)c2n1. The molecule has 0 unspecified atom stereocenters. The van der Waals surface area contributed by atoms with Gasteiger partial charge in [-0.3, -0.25) is 9.48 Å². The summed E-state index contributed by atoms with van der Waals surface area (Å²) >= 11 is 0. The number of amides is 1. The summed E-state index contributed by atoms with van der Waals surface area (Å²) in [6, 6.07) is 5.53. The third-order valence-corrected chi connectivity index (χ3v) is 6.50. The number of aromatic nitrogens is 4. The van der Waals surface area contributed by atoms with Crippen molar-refractivity contribution in [2.45, 2.75) is 40.3 Å². The van der Waals surface area contributed by atoms with Gasteiger partial charge in [0, 0.05) is 68.0 Å². The normalized spacial score (nSPS) is 16.6. The maximum absolute atomic E-state index is 14.5. The molecule has 1 fully saturated rings. The first-order chi connectivity index (χ1) is 16.3. The molecule has 1 amide bonds. The highest BCUT2D eigenvalue weighted by molar-refractivity contribution is 6.13. The van der Waals surface area contributed by atoms with Crippen LogP contribution >= 0.6 is 0 Å². The Labute approximate surface area is 197 Å². The molecule has 4 heterocycles. The highest BCUT2D eigenvalue weighted by Crippen LogP contribution is 2.31. The van der Waals surface area contributed by atoms with Gasteiger partial charge in [-0.2, -0.15) is 5.10 Å². The third-order valence-electron chi connectivity index (χ3n) is 6.50. The molecule has 9 heteroatoms. The van der Waals surface area contributed by atoms with Gasteiger partial charge in [0.15, 0.2) is 11.5 Å². The third kappa shape index (κ3) is 4.00. The molecule has 2 N–H and O–H groups in total. The van der Waals surface area contributed by atoms with Gasteiger partial charge < -0.3 is 19.9 Å². The fourth-order valence-electron chi connectivity index (χ4n) is 4.65. The van der Waals surface area contributed by atoms with Gasteiger partial charge in [-0.1, -0.05) is 13.8 Å². The zero-order chi connectivity index (χ0) is 24.0. The van der Waals surface area contributed by atoms with Gasteiger partial charge in [-0.25, -0.2) is 9.37 Å². The first kappa shape index (κ1) is 22.3. The number of hydrogen-bond acceptors (Lipinski definition) is 5. The number of halogens is 1. The highest BCUT2D eigenvalue weighted by Gasteiger charge is 2.25. The van der Waals surface area contributed by atoms with E-state index in [1.165, 1.54) is 6.07 Å². The molecule has 5 rings (SSSR count). The van der Waals surface area contributed by atoms with Gasteiger partial charge in [0.05, 0.1) is 16.9 Å². The van der Waals surface area contributed by atoms with Crippen molar-refractivity contribution in [1.29, 1.82) is 0 Å². The number of carbonyl (C=O) groups is 1. The van der Waals surface area contributed by atoms with E-state index in [1.807, 2.05) is 29.9 Å². The molecular formula is C25H30FN7O. The van der Waals surface area contributed by atoms with Crippen LogP contribution in [0.25, 0.3) is 16.6 Å². The minimum Gasteiger partial charge on any atom is -0.368 e. The van der Waals surface area contributed by atoms with Crippen LogP contribution in [0.15, 0.2) is 36.8 Å². The van der Waals surface area contributed by atoms with Gasteiger partial charge >= 0.3 is 0 Å². The molecule has 0 spiro atoms. The molecule has 1 aliphatic rings. The second-order valence-electron chi connectivity index (χ2n) is 9.27. The first-order valence-corrected chi connectivity index (χ1v) is 11.8. The van der Waals surface area contributed by atoms with Crippen molar-refractivity contribution in [3.8, 4) is 0 Å². The molecule has 34 heavy (non-hydrogen) atoms. The number of hydrogen-bond donors (Lipinski definition) is 2. The largest absolute Gasteiger partial charge is 0.368 e. The second-order valence-corrected chi connectivity index (χ2v) is 9.27. The topological polar surface area (TPSA) is 79.5 Å². The van der Waals surface area contributed by atoms with Crippen molar-refractivity contribution in [3.63, 3.8) is 0 Å². The minimum atomic E-state index is -0.486. The van der Waals surface area contributed by atoms with Gasteiger partial charge in [0.1, 0.15) is 5.52 Å². The summed E-state index contributed by atoms with van der Waals surface area (Å²) in [6.45, 7) is 11.7. The molecule has 1 atom stereocenters. The number of aryl methyl sites for hydroxylation is 2. The first-order valence-electron chi connectivity index (χ1n) is 11.8. The molecule has 0 bridgehead atoms. The fourth-order valence-corrected chi connectivity index (χ4v) is 4.65. The van der Waals surface area contributed by atoms with E-state index in [2.05, 4.69) is 34.4 Å². The van der Waals surface area contributed by atoms with Crippen molar-refractivity contribution < 1.29 is 9.18 Å². The molecule has 1 aromatic carbocycles. The number of nitrogens with one attached hydrogen (secondary N) is 2. The highest BCUT2D eigenvalue weighted by atomic mass is 19.1. The number of imidazole rings is 1. The van der Waals surface area contributed by atoms with Gasteiger partial charge in [0.25, 0.3) is 5.91 Å². The quantitative estimate of drug-likeness (QED) is 0.470. The van der Waals surface area contributed by atoms with Crippen LogP contribution in [0.4, 0.5) is 15.8 Å². The van der Waals surface area contributed by atoms with E-state index in [1.54, 1.807) is 23.7 Å². The lowest BCUT2D eigenvalue weighted by Gasteiger charge is -2.37. The van der Waals surface area contributed by atoms with Gasteiger partial charge in [-0.15, -0.1) is 0 Å². The molecule has 0 saturated carbocycles. The zero-order valence-corrected chi connectivity index (χ0v) is 20.0. The van der Waals surface area contributed by atoms with Crippen LogP contribution in [0.3, 0.4) is 0 Å². The van der Waals surface area contributed by atoms with Crippen LogP contribution in [0.1, 0.15) is 36.8 Å². The molecule has 0 aliphatic carbocycles. The lowest BCUT2D eigenvalue weighted by atomic mass is 10.0. The number of anilines is 2. The van der Waals surface area contributed by atoms with E-state index < -0.39 is 5.82 Å². The summed E-state index contributed by atoms with van der Waals surface area (Å²) in [5.41, 5.74) is 3.50. The number of carbonyl (C=O) groups excluding carboxylic acids is 1. The lowest BCUT2D eigenvalue weighted by molar-refractivity contribution is 0.102. The summed E-state index contributed by atoms with van der Waals surface area (Å²) in [7, 11) is 0. The zero-order valence-electron chi connectivity index (χ0n) is 20.0. The molecule has 0 radical (unpaired) electrons. The van der Waals surface area contributed by atoms with Crippen LogP contribution in [-0.2, 0) is 6.54 Å². The standard InChI is InChI=1S/C25H30FN7O/c1-5-33-13-19-22(31-9-8-27-21(14-31)15(2)3)7-6-18(23(19)30-33)25(34)29-17-10-20(26)24-28-16(4)11-32(24)12-17/h6-7,10-13,15,21,27H,5,8-9,14H2,1-4H3,(H,29,34)/t21-/m1/s1. The van der Waals surface area contributed by atoms with Crippen molar-refractivity contribution in [2.24, 2.45) is 5.92 Å². The lowest BCUT2D eigenvalue weighted by Crippen LogP contribution is -2.53. The number of rotatable bonds is 5. The maximum Gasteiger partial charge on any atom is 0.257 e. The Bertz CT molecular complexity index is 1370. The predicted molar refractivity (Wildman–Crippen MR) is 132 cm³/mol. The van der Waals surface area contributed by atoms with E-state index in [4.69, 9.17) is 5.10 Å². The summed E-state index contributed by atoms with van der Waals surface area (Å²) < 4.78 is 17.9.